The van der Waals surface area contributed by atoms with Gasteiger partial charge in [0.25, 0.3) is 5.56 Å². The lowest BCUT2D eigenvalue weighted by molar-refractivity contribution is -0.0158. The zero-order valence-corrected chi connectivity index (χ0v) is 14.0. The Labute approximate surface area is 147 Å². The predicted octanol–water partition coefficient (Wildman–Crippen LogP) is 0.469. The minimum Gasteiger partial charge on any atom is -0.465 e. The second kappa shape index (κ2) is 6.03. The Morgan fingerprint density at radius 3 is 2.81 bits per heavy atom. The third kappa shape index (κ3) is 2.73. The number of carbonyl (C=O) groups is 1. The summed E-state index contributed by atoms with van der Waals surface area (Å²) in [5.74, 6) is -0.555. The van der Waals surface area contributed by atoms with Crippen LogP contribution in [0.1, 0.15) is 18.4 Å². The highest BCUT2D eigenvalue weighted by Crippen LogP contribution is 2.38. The first-order chi connectivity index (χ1) is 12.4. The fraction of sp³-hybridized carbons (Fsp3) is 0.471. The predicted molar refractivity (Wildman–Crippen MR) is 90.5 cm³/mol. The van der Waals surface area contributed by atoms with E-state index in [4.69, 9.17) is 5.11 Å². The molecule has 1 amide bonds. The molecule has 9 heteroatoms. The van der Waals surface area contributed by atoms with Gasteiger partial charge in [0.2, 0.25) is 0 Å². The molecule has 1 unspecified atom stereocenters. The number of nitrogens with one attached hydrogen (secondary N) is 1. The van der Waals surface area contributed by atoms with Crippen molar-refractivity contribution in [3.8, 4) is 0 Å². The van der Waals surface area contributed by atoms with Gasteiger partial charge in [0.1, 0.15) is 11.4 Å². The van der Waals surface area contributed by atoms with Gasteiger partial charge in [-0.25, -0.2) is 14.2 Å². The fourth-order valence-electron chi connectivity index (χ4n) is 4.09. The maximum atomic E-state index is 14.5. The van der Waals surface area contributed by atoms with Crippen LogP contribution >= 0.6 is 0 Å². The maximum Gasteiger partial charge on any atom is 0.404 e. The molecule has 0 spiro atoms. The lowest BCUT2D eigenvalue weighted by Crippen LogP contribution is -2.49. The molecular weight excluding hydrogens is 343 g/mol. The Kier molecular flexibility index (Phi) is 3.92. The molecule has 2 aliphatic heterocycles. The number of hydrogen-bond donors (Lipinski definition) is 3. The molecule has 4 rings (SSSR count). The number of halogens is 1. The van der Waals surface area contributed by atoms with Gasteiger partial charge in [0.05, 0.1) is 23.8 Å². The maximum absolute atomic E-state index is 14.5. The number of hydrogen-bond acceptors (Lipinski definition) is 5. The van der Waals surface area contributed by atoms with Crippen LogP contribution in [0, 0.1) is 5.82 Å². The largest absolute Gasteiger partial charge is 0.465 e. The minimum absolute atomic E-state index is 0.0194. The lowest BCUT2D eigenvalue weighted by atomic mass is 9.93. The van der Waals surface area contributed by atoms with Crippen molar-refractivity contribution >= 4 is 17.1 Å². The molecule has 1 aromatic heterocycles. The van der Waals surface area contributed by atoms with Crippen molar-refractivity contribution in [1.82, 2.24) is 19.8 Å². The van der Waals surface area contributed by atoms with Crippen LogP contribution in [0.4, 0.5) is 9.18 Å². The van der Waals surface area contributed by atoms with Gasteiger partial charge in [-0.15, -0.1) is 0 Å². The smallest absolute Gasteiger partial charge is 0.404 e. The van der Waals surface area contributed by atoms with Crippen molar-refractivity contribution in [2.24, 2.45) is 0 Å². The van der Waals surface area contributed by atoms with E-state index in [1.54, 1.807) is 0 Å². The van der Waals surface area contributed by atoms with Crippen LogP contribution in [0.5, 0.6) is 0 Å². The molecule has 1 atom stereocenters. The van der Waals surface area contributed by atoms with E-state index < -0.39 is 17.5 Å². The fourth-order valence-corrected chi connectivity index (χ4v) is 4.09. The quantitative estimate of drug-likeness (QED) is 0.733. The summed E-state index contributed by atoms with van der Waals surface area (Å²) in [6.07, 6.45) is 1.36. The number of benzene rings is 1. The second-order valence-corrected chi connectivity index (χ2v) is 7.00. The van der Waals surface area contributed by atoms with Gasteiger partial charge in [0, 0.05) is 31.2 Å². The highest BCUT2D eigenvalue weighted by atomic mass is 19.1. The molecule has 2 aromatic rings. The van der Waals surface area contributed by atoms with Crippen molar-refractivity contribution < 1.29 is 19.4 Å². The van der Waals surface area contributed by atoms with E-state index in [9.17, 15) is 19.1 Å². The van der Waals surface area contributed by atoms with Crippen molar-refractivity contribution in [2.75, 3.05) is 19.6 Å². The molecule has 1 fully saturated rings. The van der Waals surface area contributed by atoms with Gasteiger partial charge in [-0.2, -0.15) is 0 Å². The van der Waals surface area contributed by atoms with Crippen molar-refractivity contribution in [1.29, 1.82) is 0 Å². The molecule has 26 heavy (non-hydrogen) atoms. The number of carboxylic acid groups (broad SMARTS) is 1. The summed E-state index contributed by atoms with van der Waals surface area (Å²) in [5.41, 5.74) is -0.953. The summed E-state index contributed by atoms with van der Waals surface area (Å²) in [5, 5.41) is 22.5. The topological polar surface area (TPSA) is 108 Å². The highest BCUT2D eigenvalue weighted by Gasteiger charge is 2.43. The second-order valence-electron chi connectivity index (χ2n) is 7.00. The van der Waals surface area contributed by atoms with Crippen LogP contribution in [-0.2, 0) is 12.1 Å². The zero-order valence-electron chi connectivity index (χ0n) is 14.0. The molecule has 1 aromatic carbocycles. The molecule has 2 aliphatic rings. The molecular formula is C17H19FN4O4. The molecule has 3 N–H and O–H groups in total. The number of likely N-dealkylation sites (tertiary alicyclic amines) is 1. The van der Waals surface area contributed by atoms with Crippen LogP contribution in [0.25, 0.3) is 11.0 Å². The van der Waals surface area contributed by atoms with Crippen molar-refractivity contribution in [3.05, 3.63) is 40.1 Å². The van der Waals surface area contributed by atoms with Crippen LogP contribution in [-0.4, -0.2) is 56.4 Å². The van der Waals surface area contributed by atoms with Gasteiger partial charge in [0.15, 0.2) is 0 Å². The number of β-amino-alcohol motifs (C(OH)–C–C–N with tert-alkyl or cyclic N) is 1. The van der Waals surface area contributed by atoms with Crippen molar-refractivity contribution in [2.45, 2.75) is 31.0 Å². The van der Waals surface area contributed by atoms with E-state index in [2.05, 4.69) is 10.3 Å². The number of aromatic nitrogens is 2. The summed E-state index contributed by atoms with van der Waals surface area (Å²) < 4.78 is 15.9. The van der Waals surface area contributed by atoms with Crippen molar-refractivity contribution in [3.63, 3.8) is 0 Å². The van der Waals surface area contributed by atoms with Crippen LogP contribution in [0.3, 0.4) is 0 Å². The minimum atomic E-state index is -1.52. The average Bonchev–Trinajstić information content (AvgIpc) is 2.90. The molecule has 0 radical (unpaired) electrons. The Bertz CT molecular complexity index is 938. The zero-order chi connectivity index (χ0) is 18.5. The Morgan fingerprint density at radius 1 is 1.38 bits per heavy atom. The van der Waals surface area contributed by atoms with Crippen LogP contribution in [0.2, 0.25) is 0 Å². The van der Waals surface area contributed by atoms with Gasteiger partial charge >= 0.3 is 6.09 Å². The number of rotatable bonds is 3. The molecule has 0 bridgehead atoms. The Hall–Kier alpha value is -2.52. The van der Waals surface area contributed by atoms with Gasteiger partial charge in [-0.3, -0.25) is 9.69 Å². The number of aliphatic hydroxyl groups is 1. The summed E-state index contributed by atoms with van der Waals surface area (Å²) in [6.45, 7) is 1.31. The average molecular weight is 362 g/mol. The molecule has 0 aliphatic carbocycles. The normalized spacial score (nSPS) is 23.5. The van der Waals surface area contributed by atoms with Crippen LogP contribution in [0.15, 0.2) is 23.1 Å². The lowest BCUT2D eigenvalue weighted by Gasteiger charge is -2.36. The van der Waals surface area contributed by atoms with Gasteiger partial charge in [-0.1, -0.05) is 0 Å². The highest BCUT2D eigenvalue weighted by molar-refractivity contribution is 5.81. The van der Waals surface area contributed by atoms with E-state index in [0.717, 1.165) is 0 Å². The molecule has 3 heterocycles. The molecule has 138 valence electrons. The standard InChI is InChI=1S/C17H19FN4O4/c18-11-1-2-12-15-14(11)17(26,9-22(15)13(23)7-19-12)8-21-5-3-10(4-6-21)20-16(24)25/h1-2,7,10,20,26H,3-6,8-9H2,(H,24,25). The first kappa shape index (κ1) is 16.9. The third-order valence-corrected chi connectivity index (χ3v) is 5.24. The first-order valence-corrected chi connectivity index (χ1v) is 8.50. The van der Waals surface area contributed by atoms with Crippen LogP contribution < -0.4 is 10.9 Å². The monoisotopic (exact) mass is 362 g/mol. The molecule has 8 nitrogen and oxygen atoms in total. The third-order valence-electron chi connectivity index (χ3n) is 5.24. The summed E-state index contributed by atoms with van der Waals surface area (Å²) >= 11 is 0. The Balaban J connectivity index is 1.60. The number of piperidine rings is 1. The number of amides is 1. The van der Waals surface area contributed by atoms with E-state index >= 15 is 0 Å². The summed E-state index contributed by atoms with van der Waals surface area (Å²) in [7, 11) is 0. The van der Waals surface area contributed by atoms with E-state index in [0.29, 0.717) is 37.0 Å². The summed E-state index contributed by atoms with van der Waals surface area (Å²) in [4.78, 5) is 28.9. The van der Waals surface area contributed by atoms with Gasteiger partial charge in [-0.05, 0) is 25.0 Å². The summed E-state index contributed by atoms with van der Waals surface area (Å²) in [6, 6.07) is 2.64. The molecule has 0 saturated carbocycles. The van der Waals surface area contributed by atoms with E-state index in [1.807, 2.05) is 4.90 Å². The Morgan fingerprint density at radius 2 is 2.12 bits per heavy atom. The van der Waals surface area contributed by atoms with Gasteiger partial charge < -0.3 is 20.1 Å². The first-order valence-electron chi connectivity index (χ1n) is 8.50. The van der Waals surface area contributed by atoms with E-state index in [-0.39, 0.29) is 30.3 Å². The van der Waals surface area contributed by atoms with E-state index in [1.165, 1.54) is 22.9 Å². The molecule has 1 saturated heterocycles. The SMILES string of the molecule is O=C(O)NC1CCN(CC2(O)Cn3c(=O)cnc4ccc(F)c2c43)CC1. The number of nitrogens with zero attached hydrogens (tertiary/aromatic N) is 3.